The zero-order chi connectivity index (χ0) is 13.9. The molecule has 2 aromatic rings. The van der Waals surface area contributed by atoms with Gasteiger partial charge in [0.05, 0.1) is 18.7 Å². The second kappa shape index (κ2) is 3.47. The molecule has 2 aromatic heterocycles. The van der Waals surface area contributed by atoms with Crippen molar-refractivity contribution in [2.45, 2.75) is 12.5 Å². The van der Waals surface area contributed by atoms with Crippen LogP contribution < -0.4 is 16.1 Å². The Labute approximate surface area is 107 Å². The highest BCUT2D eigenvalue weighted by Crippen LogP contribution is 2.25. The molecule has 0 bridgehead atoms. The van der Waals surface area contributed by atoms with Gasteiger partial charge in [0.1, 0.15) is 0 Å². The molecule has 0 saturated carbocycles. The molecule has 0 amide bonds. The van der Waals surface area contributed by atoms with Crippen molar-refractivity contribution in [3.8, 4) is 0 Å². The number of anilines is 1. The van der Waals surface area contributed by atoms with E-state index in [-0.39, 0.29) is 0 Å². The molecule has 0 aliphatic carbocycles. The van der Waals surface area contributed by atoms with Gasteiger partial charge in [-0.25, -0.2) is 4.79 Å². The van der Waals surface area contributed by atoms with Crippen molar-refractivity contribution in [3.63, 3.8) is 0 Å². The first-order chi connectivity index (χ1) is 8.80. The van der Waals surface area contributed by atoms with Gasteiger partial charge in [0, 0.05) is 14.1 Å². The maximum atomic E-state index is 12.0. The highest BCUT2D eigenvalue weighted by Gasteiger charge is 2.38. The lowest BCUT2D eigenvalue weighted by atomic mass is 9.98. The van der Waals surface area contributed by atoms with E-state index in [0.29, 0.717) is 30.2 Å². The fraction of sp³-hybridized carbons (Fsp3) is 0.545. The number of fused-ring (bicyclic) bond motifs is 1. The van der Waals surface area contributed by atoms with Gasteiger partial charge in [-0.3, -0.25) is 13.9 Å². The van der Waals surface area contributed by atoms with Crippen LogP contribution in [0.4, 0.5) is 5.95 Å². The molecule has 8 nitrogen and oxygen atoms in total. The predicted octanol–water partition coefficient (Wildman–Crippen LogP) is -1.47. The summed E-state index contributed by atoms with van der Waals surface area (Å²) in [6.45, 7) is 2.63. The van der Waals surface area contributed by atoms with Crippen LogP contribution in [-0.4, -0.2) is 42.9 Å². The van der Waals surface area contributed by atoms with Gasteiger partial charge in [0.15, 0.2) is 11.2 Å². The number of imidazole rings is 1. The van der Waals surface area contributed by atoms with E-state index >= 15 is 0 Å². The standard InChI is InChI=1S/C11H15N5O3/c1-11(19)4-16(5-11)9-12-6-7(13-9)14(2)10(18)15(3)8(6)17/h19H,4-5H2,1-3H3,(H,12,13). The van der Waals surface area contributed by atoms with Gasteiger partial charge < -0.3 is 15.0 Å². The molecular weight excluding hydrogens is 250 g/mol. The Morgan fingerprint density at radius 3 is 2.47 bits per heavy atom. The van der Waals surface area contributed by atoms with Crippen LogP contribution in [0.15, 0.2) is 9.59 Å². The third-order valence-electron chi connectivity index (χ3n) is 3.44. The van der Waals surface area contributed by atoms with Crippen LogP contribution in [0.3, 0.4) is 0 Å². The molecule has 1 fully saturated rings. The van der Waals surface area contributed by atoms with Gasteiger partial charge in [0.2, 0.25) is 5.95 Å². The topological polar surface area (TPSA) is 96.2 Å². The molecule has 0 radical (unpaired) electrons. The molecule has 8 heteroatoms. The average Bonchev–Trinajstić information content (AvgIpc) is 2.75. The molecule has 102 valence electrons. The van der Waals surface area contributed by atoms with Crippen LogP contribution in [0.1, 0.15) is 6.92 Å². The third kappa shape index (κ3) is 1.60. The SMILES string of the molecule is Cn1c(=O)c2[nH]c(N3CC(C)(O)C3)nc2n(C)c1=O. The van der Waals surface area contributed by atoms with Crippen molar-refractivity contribution < 1.29 is 5.11 Å². The van der Waals surface area contributed by atoms with Crippen LogP contribution in [0.2, 0.25) is 0 Å². The Morgan fingerprint density at radius 1 is 1.26 bits per heavy atom. The van der Waals surface area contributed by atoms with E-state index < -0.39 is 16.9 Å². The maximum Gasteiger partial charge on any atom is 0.332 e. The Bertz CT molecular complexity index is 774. The number of rotatable bonds is 1. The molecule has 0 spiro atoms. The minimum Gasteiger partial charge on any atom is -0.386 e. The molecule has 2 N–H and O–H groups in total. The van der Waals surface area contributed by atoms with E-state index in [1.54, 1.807) is 14.0 Å². The number of aryl methyl sites for hydroxylation is 1. The summed E-state index contributed by atoms with van der Waals surface area (Å²) in [5, 5.41) is 9.71. The molecule has 19 heavy (non-hydrogen) atoms. The van der Waals surface area contributed by atoms with Gasteiger partial charge in [-0.05, 0) is 6.92 Å². The molecular formula is C11H15N5O3. The zero-order valence-electron chi connectivity index (χ0n) is 11.0. The highest BCUT2D eigenvalue weighted by molar-refractivity contribution is 5.73. The summed E-state index contributed by atoms with van der Waals surface area (Å²) in [6, 6.07) is 0. The van der Waals surface area contributed by atoms with E-state index in [9.17, 15) is 14.7 Å². The summed E-state index contributed by atoms with van der Waals surface area (Å²) < 4.78 is 2.37. The largest absolute Gasteiger partial charge is 0.386 e. The number of aromatic amines is 1. The maximum absolute atomic E-state index is 12.0. The van der Waals surface area contributed by atoms with Crippen LogP contribution in [0, 0.1) is 0 Å². The third-order valence-corrected chi connectivity index (χ3v) is 3.44. The molecule has 0 unspecified atom stereocenters. The van der Waals surface area contributed by atoms with Crippen molar-refractivity contribution in [2.75, 3.05) is 18.0 Å². The van der Waals surface area contributed by atoms with Crippen LogP contribution in [-0.2, 0) is 14.1 Å². The van der Waals surface area contributed by atoms with Crippen molar-refractivity contribution in [1.29, 1.82) is 0 Å². The van der Waals surface area contributed by atoms with Gasteiger partial charge in [-0.15, -0.1) is 0 Å². The summed E-state index contributed by atoms with van der Waals surface area (Å²) in [4.78, 5) is 32.8. The normalized spacial score (nSPS) is 17.8. The van der Waals surface area contributed by atoms with E-state index in [0.717, 1.165) is 4.57 Å². The summed E-state index contributed by atoms with van der Waals surface area (Å²) in [6.07, 6.45) is 0. The number of H-pyrrole nitrogens is 1. The van der Waals surface area contributed by atoms with Crippen LogP contribution in [0.5, 0.6) is 0 Å². The van der Waals surface area contributed by atoms with Gasteiger partial charge >= 0.3 is 5.69 Å². The van der Waals surface area contributed by atoms with Crippen LogP contribution in [0.25, 0.3) is 11.2 Å². The number of β-amino-alcohol motifs (C(OH)–C–C–N with tert-alkyl or cyclic N) is 1. The molecule has 3 heterocycles. The lowest BCUT2D eigenvalue weighted by Gasteiger charge is -2.43. The lowest BCUT2D eigenvalue weighted by molar-refractivity contribution is 0.0301. The Morgan fingerprint density at radius 2 is 1.89 bits per heavy atom. The van der Waals surface area contributed by atoms with Gasteiger partial charge in [0.25, 0.3) is 5.56 Å². The highest BCUT2D eigenvalue weighted by atomic mass is 16.3. The minimum absolute atomic E-state index is 0.297. The minimum atomic E-state index is -0.726. The van der Waals surface area contributed by atoms with Crippen molar-refractivity contribution >= 4 is 17.1 Å². The molecule has 1 aliphatic heterocycles. The molecule has 1 saturated heterocycles. The lowest BCUT2D eigenvalue weighted by Crippen LogP contribution is -2.60. The fourth-order valence-corrected chi connectivity index (χ4v) is 2.39. The van der Waals surface area contributed by atoms with E-state index in [1.807, 2.05) is 4.90 Å². The van der Waals surface area contributed by atoms with E-state index in [1.165, 1.54) is 11.6 Å². The number of nitrogens with zero attached hydrogens (tertiary/aromatic N) is 4. The second-order valence-electron chi connectivity index (χ2n) is 5.32. The first kappa shape index (κ1) is 12.0. The van der Waals surface area contributed by atoms with Crippen LogP contribution >= 0.6 is 0 Å². The summed E-state index contributed by atoms with van der Waals surface area (Å²) in [5.74, 6) is 0.500. The number of hydrogen-bond donors (Lipinski definition) is 2. The Kier molecular flexibility index (Phi) is 2.19. The van der Waals surface area contributed by atoms with Crippen molar-refractivity contribution in [2.24, 2.45) is 14.1 Å². The summed E-state index contributed by atoms with van der Waals surface area (Å²) >= 11 is 0. The van der Waals surface area contributed by atoms with Gasteiger partial charge in [-0.2, -0.15) is 4.98 Å². The second-order valence-corrected chi connectivity index (χ2v) is 5.32. The summed E-state index contributed by atoms with van der Waals surface area (Å²) in [7, 11) is 3.00. The molecule has 3 rings (SSSR count). The van der Waals surface area contributed by atoms with Crippen molar-refractivity contribution in [1.82, 2.24) is 19.1 Å². The van der Waals surface area contributed by atoms with Crippen molar-refractivity contribution in [3.05, 3.63) is 20.8 Å². The predicted molar refractivity (Wildman–Crippen MR) is 69.4 cm³/mol. The smallest absolute Gasteiger partial charge is 0.332 e. The number of aliphatic hydroxyl groups is 1. The molecule has 1 aliphatic rings. The first-order valence-electron chi connectivity index (χ1n) is 5.93. The molecule has 0 aromatic carbocycles. The number of hydrogen-bond acceptors (Lipinski definition) is 5. The average molecular weight is 265 g/mol. The zero-order valence-corrected chi connectivity index (χ0v) is 11.0. The summed E-state index contributed by atoms with van der Waals surface area (Å²) in [5.41, 5.74) is -0.911. The van der Waals surface area contributed by atoms with E-state index in [4.69, 9.17) is 0 Å². The quantitative estimate of drug-likeness (QED) is 0.656. The fourth-order valence-electron chi connectivity index (χ4n) is 2.39. The number of nitrogens with one attached hydrogen (secondary N) is 1. The van der Waals surface area contributed by atoms with Gasteiger partial charge in [-0.1, -0.05) is 0 Å². The molecule has 0 atom stereocenters. The first-order valence-corrected chi connectivity index (χ1v) is 5.93. The van der Waals surface area contributed by atoms with E-state index in [2.05, 4.69) is 9.97 Å². The monoisotopic (exact) mass is 265 g/mol. The Balaban J connectivity index is 2.17. The number of aromatic nitrogens is 4. The Hall–Kier alpha value is -2.09.